The lowest BCUT2D eigenvalue weighted by Crippen LogP contribution is -2.17. The molecular formula is C17H29N. The molecule has 0 aliphatic rings. The third-order valence-corrected chi connectivity index (χ3v) is 3.53. The van der Waals surface area contributed by atoms with Gasteiger partial charge < -0.3 is 5.32 Å². The van der Waals surface area contributed by atoms with E-state index in [9.17, 15) is 0 Å². The molecule has 0 amide bonds. The Balaban J connectivity index is 2.51. The van der Waals surface area contributed by atoms with E-state index in [4.69, 9.17) is 0 Å². The number of nitrogens with one attached hydrogen (secondary N) is 1. The third kappa shape index (κ3) is 4.81. The van der Waals surface area contributed by atoms with Crippen LogP contribution >= 0.6 is 0 Å². The summed E-state index contributed by atoms with van der Waals surface area (Å²) in [5, 5.41) is 3.47. The van der Waals surface area contributed by atoms with Crippen LogP contribution in [0.4, 0.5) is 0 Å². The fourth-order valence-corrected chi connectivity index (χ4v) is 2.10. The lowest BCUT2D eigenvalue weighted by atomic mass is 9.85. The van der Waals surface area contributed by atoms with Crippen LogP contribution in [0.3, 0.4) is 0 Å². The molecule has 0 aliphatic carbocycles. The van der Waals surface area contributed by atoms with Crippen LogP contribution in [0.5, 0.6) is 0 Å². The monoisotopic (exact) mass is 247 g/mol. The molecule has 1 atom stereocenters. The van der Waals surface area contributed by atoms with Crippen LogP contribution in [0.1, 0.15) is 64.5 Å². The van der Waals surface area contributed by atoms with Gasteiger partial charge in [-0.1, -0.05) is 58.9 Å². The summed E-state index contributed by atoms with van der Waals surface area (Å²) in [4.78, 5) is 0. The highest BCUT2D eigenvalue weighted by Crippen LogP contribution is 2.25. The standard InChI is InChI=1S/C17H29N/c1-6-12-18-13-11-14(2)15-7-9-16(10-8-15)17(3,4)5/h7-10,14,18H,6,11-13H2,1-5H3. The fraction of sp³-hybridized carbons (Fsp3) is 0.647. The SMILES string of the molecule is CCCNCCC(C)c1ccc(C(C)(C)C)cc1. The van der Waals surface area contributed by atoms with Crippen molar-refractivity contribution >= 4 is 0 Å². The van der Waals surface area contributed by atoms with Crippen molar-refractivity contribution in [3.8, 4) is 0 Å². The maximum absolute atomic E-state index is 3.47. The zero-order chi connectivity index (χ0) is 13.6. The van der Waals surface area contributed by atoms with E-state index in [-0.39, 0.29) is 5.41 Å². The van der Waals surface area contributed by atoms with Crippen molar-refractivity contribution in [2.75, 3.05) is 13.1 Å². The Hall–Kier alpha value is -0.820. The number of hydrogen-bond acceptors (Lipinski definition) is 1. The second-order valence-corrected chi connectivity index (χ2v) is 6.31. The molecule has 1 nitrogen and oxygen atoms in total. The van der Waals surface area contributed by atoms with Crippen molar-refractivity contribution < 1.29 is 0 Å². The summed E-state index contributed by atoms with van der Waals surface area (Å²) in [6.07, 6.45) is 2.43. The molecule has 0 fully saturated rings. The van der Waals surface area contributed by atoms with Crippen molar-refractivity contribution in [2.45, 2.75) is 58.8 Å². The average Bonchev–Trinajstić information content (AvgIpc) is 2.33. The summed E-state index contributed by atoms with van der Waals surface area (Å²) in [6.45, 7) is 13.6. The molecular weight excluding hydrogens is 218 g/mol. The molecule has 1 rings (SSSR count). The van der Waals surface area contributed by atoms with Crippen molar-refractivity contribution in [3.05, 3.63) is 35.4 Å². The molecule has 1 aromatic rings. The van der Waals surface area contributed by atoms with Gasteiger partial charge in [0.2, 0.25) is 0 Å². The van der Waals surface area contributed by atoms with Crippen molar-refractivity contribution in [1.29, 1.82) is 0 Å². The van der Waals surface area contributed by atoms with Gasteiger partial charge in [0.05, 0.1) is 0 Å². The van der Waals surface area contributed by atoms with Crippen LogP contribution in [0.2, 0.25) is 0 Å². The van der Waals surface area contributed by atoms with Gasteiger partial charge in [-0.15, -0.1) is 0 Å². The van der Waals surface area contributed by atoms with Gasteiger partial charge in [-0.05, 0) is 48.4 Å². The van der Waals surface area contributed by atoms with Crippen LogP contribution in [-0.4, -0.2) is 13.1 Å². The molecule has 0 saturated heterocycles. The lowest BCUT2D eigenvalue weighted by Gasteiger charge is -2.20. The molecule has 0 heterocycles. The predicted molar refractivity (Wildman–Crippen MR) is 81.3 cm³/mol. The zero-order valence-corrected chi connectivity index (χ0v) is 12.7. The lowest BCUT2D eigenvalue weighted by molar-refractivity contribution is 0.582. The Morgan fingerprint density at radius 3 is 2.17 bits per heavy atom. The van der Waals surface area contributed by atoms with Crippen LogP contribution < -0.4 is 5.32 Å². The maximum atomic E-state index is 3.47. The number of rotatable bonds is 6. The Labute approximate surface area is 113 Å². The van der Waals surface area contributed by atoms with Gasteiger partial charge >= 0.3 is 0 Å². The van der Waals surface area contributed by atoms with E-state index >= 15 is 0 Å². The van der Waals surface area contributed by atoms with Crippen LogP contribution in [0.15, 0.2) is 24.3 Å². The minimum absolute atomic E-state index is 0.254. The minimum Gasteiger partial charge on any atom is -0.317 e. The summed E-state index contributed by atoms with van der Waals surface area (Å²) < 4.78 is 0. The van der Waals surface area contributed by atoms with Crippen molar-refractivity contribution in [1.82, 2.24) is 5.32 Å². The van der Waals surface area contributed by atoms with Crippen LogP contribution in [0.25, 0.3) is 0 Å². The molecule has 1 aromatic carbocycles. The Morgan fingerprint density at radius 2 is 1.67 bits per heavy atom. The first-order valence-electron chi connectivity index (χ1n) is 7.26. The van der Waals surface area contributed by atoms with E-state index in [1.807, 2.05) is 0 Å². The third-order valence-electron chi connectivity index (χ3n) is 3.53. The van der Waals surface area contributed by atoms with Gasteiger partial charge in [0.25, 0.3) is 0 Å². The minimum atomic E-state index is 0.254. The molecule has 1 heteroatoms. The van der Waals surface area contributed by atoms with Crippen LogP contribution in [0, 0.1) is 0 Å². The number of benzene rings is 1. The topological polar surface area (TPSA) is 12.0 Å². The second kappa shape index (κ2) is 6.94. The van der Waals surface area contributed by atoms with Gasteiger partial charge in [-0.3, -0.25) is 0 Å². The summed E-state index contributed by atoms with van der Waals surface area (Å²) in [6, 6.07) is 9.16. The van der Waals surface area contributed by atoms with Gasteiger partial charge in [0.1, 0.15) is 0 Å². The molecule has 0 aromatic heterocycles. The largest absolute Gasteiger partial charge is 0.317 e. The summed E-state index contributed by atoms with van der Waals surface area (Å²) in [5.74, 6) is 0.642. The van der Waals surface area contributed by atoms with E-state index in [2.05, 4.69) is 64.2 Å². The summed E-state index contributed by atoms with van der Waals surface area (Å²) in [7, 11) is 0. The number of hydrogen-bond donors (Lipinski definition) is 1. The van der Waals surface area contributed by atoms with E-state index in [1.54, 1.807) is 0 Å². The quantitative estimate of drug-likeness (QED) is 0.731. The fourth-order valence-electron chi connectivity index (χ4n) is 2.10. The van der Waals surface area contributed by atoms with Gasteiger partial charge in [0, 0.05) is 0 Å². The van der Waals surface area contributed by atoms with Gasteiger partial charge in [-0.25, -0.2) is 0 Å². The predicted octanol–water partition coefficient (Wildman–Crippen LogP) is 4.48. The normalized spacial score (nSPS) is 13.6. The highest BCUT2D eigenvalue weighted by molar-refractivity contribution is 5.29. The van der Waals surface area contributed by atoms with E-state index in [0.29, 0.717) is 5.92 Å². The first kappa shape index (κ1) is 15.2. The van der Waals surface area contributed by atoms with E-state index in [1.165, 1.54) is 24.0 Å². The molecule has 18 heavy (non-hydrogen) atoms. The summed E-state index contributed by atoms with van der Waals surface area (Å²) in [5.41, 5.74) is 3.13. The second-order valence-electron chi connectivity index (χ2n) is 6.31. The van der Waals surface area contributed by atoms with E-state index < -0.39 is 0 Å². The molecule has 0 saturated carbocycles. The first-order valence-corrected chi connectivity index (χ1v) is 7.26. The highest BCUT2D eigenvalue weighted by atomic mass is 14.8. The Morgan fingerprint density at radius 1 is 1.06 bits per heavy atom. The molecule has 102 valence electrons. The zero-order valence-electron chi connectivity index (χ0n) is 12.7. The molecule has 1 N–H and O–H groups in total. The molecule has 0 spiro atoms. The molecule has 0 aliphatic heterocycles. The Bertz CT molecular complexity index is 332. The van der Waals surface area contributed by atoms with Gasteiger partial charge in [0.15, 0.2) is 0 Å². The average molecular weight is 247 g/mol. The maximum Gasteiger partial charge on any atom is -0.00432 e. The Kier molecular flexibility index (Phi) is 5.87. The van der Waals surface area contributed by atoms with Crippen LogP contribution in [-0.2, 0) is 5.41 Å². The van der Waals surface area contributed by atoms with Crippen molar-refractivity contribution in [3.63, 3.8) is 0 Å². The smallest absolute Gasteiger partial charge is 0.00432 e. The molecule has 0 radical (unpaired) electrons. The molecule has 0 bridgehead atoms. The van der Waals surface area contributed by atoms with E-state index in [0.717, 1.165) is 13.1 Å². The highest BCUT2D eigenvalue weighted by Gasteiger charge is 2.13. The summed E-state index contributed by atoms with van der Waals surface area (Å²) >= 11 is 0. The van der Waals surface area contributed by atoms with Crippen molar-refractivity contribution in [2.24, 2.45) is 0 Å². The van der Waals surface area contributed by atoms with Gasteiger partial charge in [-0.2, -0.15) is 0 Å². The first-order chi connectivity index (χ1) is 8.45. The molecule has 1 unspecified atom stereocenters.